The first-order chi connectivity index (χ1) is 14.3. The highest BCUT2D eigenvalue weighted by Gasteiger charge is 2.30. The maximum atomic E-state index is 13.0. The molecule has 0 bridgehead atoms. The van der Waals surface area contributed by atoms with E-state index < -0.39 is 15.6 Å². The van der Waals surface area contributed by atoms with Crippen molar-refractivity contribution in [2.24, 2.45) is 0 Å². The quantitative estimate of drug-likeness (QED) is 0.591. The van der Waals surface area contributed by atoms with Crippen molar-refractivity contribution in [3.05, 3.63) is 76.4 Å². The van der Waals surface area contributed by atoms with Gasteiger partial charge >= 0.3 is 5.63 Å². The fourth-order valence-electron chi connectivity index (χ4n) is 3.43. The molecule has 1 fully saturated rings. The van der Waals surface area contributed by atoms with Crippen LogP contribution in [0.2, 0.25) is 0 Å². The van der Waals surface area contributed by atoms with Crippen LogP contribution < -0.4 is 5.63 Å². The molecule has 156 valence electrons. The molecule has 0 N–H and O–H groups in total. The summed E-state index contributed by atoms with van der Waals surface area (Å²) in [6.45, 7) is 0.919. The van der Waals surface area contributed by atoms with Gasteiger partial charge in [0.05, 0.1) is 11.3 Å². The number of hydrogen-bond acceptors (Lipinski definition) is 5. The first kappa shape index (κ1) is 20.2. The first-order valence-corrected chi connectivity index (χ1v) is 10.8. The van der Waals surface area contributed by atoms with Gasteiger partial charge in [0, 0.05) is 37.6 Å². The lowest BCUT2D eigenvalue weighted by atomic mass is 10.1. The number of carbonyl (C=O) groups excluding carboxylic acids is 1. The van der Waals surface area contributed by atoms with Crippen LogP contribution in [0, 0.1) is 5.82 Å². The van der Waals surface area contributed by atoms with Gasteiger partial charge < -0.3 is 9.32 Å². The molecule has 1 aliphatic rings. The van der Waals surface area contributed by atoms with Crippen molar-refractivity contribution in [2.75, 3.05) is 26.2 Å². The molecule has 1 amide bonds. The average molecular weight is 430 g/mol. The Morgan fingerprint density at radius 1 is 0.967 bits per heavy atom. The molecule has 30 heavy (non-hydrogen) atoms. The molecule has 2 aromatic carbocycles. The Balaban J connectivity index is 1.43. The van der Waals surface area contributed by atoms with Gasteiger partial charge in [0.25, 0.3) is 0 Å². The van der Waals surface area contributed by atoms with Gasteiger partial charge in [0.2, 0.25) is 15.9 Å². The Morgan fingerprint density at radius 2 is 1.67 bits per heavy atom. The molecular weight excluding hydrogens is 411 g/mol. The molecule has 0 radical (unpaired) electrons. The summed E-state index contributed by atoms with van der Waals surface area (Å²) in [6.07, 6.45) is 0.142. The highest BCUT2D eigenvalue weighted by Crippen LogP contribution is 2.22. The van der Waals surface area contributed by atoms with Crippen LogP contribution in [0.1, 0.15) is 5.56 Å². The van der Waals surface area contributed by atoms with Gasteiger partial charge in [-0.15, -0.1) is 0 Å². The monoisotopic (exact) mass is 430 g/mol. The van der Waals surface area contributed by atoms with E-state index in [2.05, 4.69) is 0 Å². The van der Waals surface area contributed by atoms with Crippen LogP contribution in [-0.2, 0) is 21.2 Å². The molecule has 1 aromatic heterocycles. The van der Waals surface area contributed by atoms with Crippen molar-refractivity contribution in [1.82, 2.24) is 9.21 Å². The summed E-state index contributed by atoms with van der Waals surface area (Å²) < 4.78 is 45.4. The number of rotatable bonds is 4. The third-order valence-corrected chi connectivity index (χ3v) is 6.98. The Kier molecular flexibility index (Phi) is 5.40. The van der Waals surface area contributed by atoms with E-state index in [1.807, 2.05) is 0 Å². The fourth-order valence-corrected chi connectivity index (χ4v) is 4.88. The maximum absolute atomic E-state index is 13.0. The first-order valence-electron chi connectivity index (χ1n) is 9.39. The zero-order chi connectivity index (χ0) is 21.3. The zero-order valence-electron chi connectivity index (χ0n) is 16.0. The number of carbonyl (C=O) groups is 1. The Hall–Kier alpha value is -3.04. The standard InChI is InChI=1S/C21H19FN2O5S/c22-17-4-1-15(2-5-17)13-20(25)23-9-11-24(12-10-23)30(27,28)18-6-7-19-16(14-18)3-8-21(26)29-19/h1-8,14H,9-13H2. The highest BCUT2D eigenvalue weighted by atomic mass is 32.2. The summed E-state index contributed by atoms with van der Waals surface area (Å²) in [6, 6.07) is 12.9. The minimum absolute atomic E-state index is 0.106. The number of fused-ring (bicyclic) bond motifs is 1. The van der Waals surface area contributed by atoms with Crippen LogP contribution in [-0.4, -0.2) is 49.7 Å². The SMILES string of the molecule is O=C(Cc1ccc(F)cc1)N1CCN(S(=O)(=O)c2ccc3oc(=O)ccc3c2)CC1. The largest absolute Gasteiger partial charge is 0.423 e. The lowest BCUT2D eigenvalue weighted by Gasteiger charge is -2.34. The second-order valence-corrected chi connectivity index (χ2v) is 8.98. The molecule has 0 aliphatic carbocycles. The van der Waals surface area contributed by atoms with Crippen molar-refractivity contribution in [3.8, 4) is 0 Å². The predicted octanol–water partition coefficient (Wildman–Crippen LogP) is 2.01. The van der Waals surface area contributed by atoms with E-state index in [1.54, 1.807) is 17.0 Å². The number of halogens is 1. The molecule has 0 unspecified atom stereocenters. The van der Waals surface area contributed by atoms with Gasteiger partial charge in [-0.25, -0.2) is 17.6 Å². The van der Waals surface area contributed by atoms with Gasteiger partial charge in [0.15, 0.2) is 0 Å². The average Bonchev–Trinajstić information content (AvgIpc) is 2.75. The minimum Gasteiger partial charge on any atom is -0.423 e. The summed E-state index contributed by atoms with van der Waals surface area (Å²) in [4.78, 5) is 25.5. The van der Waals surface area contributed by atoms with E-state index in [9.17, 15) is 22.4 Å². The molecule has 0 spiro atoms. The third-order valence-electron chi connectivity index (χ3n) is 5.09. The molecule has 0 atom stereocenters. The highest BCUT2D eigenvalue weighted by molar-refractivity contribution is 7.89. The van der Waals surface area contributed by atoms with Gasteiger partial charge in [-0.1, -0.05) is 12.1 Å². The summed E-state index contributed by atoms with van der Waals surface area (Å²) in [5.41, 5.74) is 0.524. The number of benzene rings is 2. The van der Waals surface area contributed by atoms with Gasteiger partial charge in [0.1, 0.15) is 11.4 Å². The number of amides is 1. The maximum Gasteiger partial charge on any atom is 0.336 e. The lowest BCUT2D eigenvalue weighted by molar-refractivity contribution is -0.131. The minimum atomic E-state index is -3.74. The molecule has 9 heteroatoms. The Bertz CT molecular complexity index is 1250. The van der Waals surface area contributed by atoms with Crippen molar-refractivity contribution >= 4 is 26.9 Å². The van der Waals surface area contributed by atoms with Gasteiger partial charge in [-0.3, -0.25) is 4.79 Å². The van der Waals surface area contributed by atoms with Crippen LogP contribution in [0.15, 0.2) is 68.7 Å². The number of sulfonamides is 1. The molecule has 2 heterocycles. The van der Waals surface area contributed by atoms with Crippen LogP contribution in [0.5, 0.6) is 0 Å². The molecular formula is C21H19FN2O5S. The van der Waals surface area contributed by atoms with Gasteiger partial charge in [-0.05, 0) is 42.0 Å². The number of hydrogen-bond donors (Lipinski definition) is 0. The van der Waals surface area contributed by atoms with Crippen molar-refractivity contribution in [2.45, 2.75) is 11.3 Å². The number of nitrogens with zero attached hydrogens (tertiary/aromatic N) is 2. The van der Waals surface area contributed by atoms with E-state index in [-0.39, 0.29) is 49.2 Å². The topological polar surface area (TPSA) is 87.9 Å². The van der Waals surface area contributed by atoms with Crippen LogP contribution >= 0.6 is 0 Å². The number of piperazine rings is 1. The smallest absolute Gasteiger partial charge is 0.336 e. The van der Waals surface area contributed by atoms with Crippen LogP contribution in [0.25, 0.3) is 11.0 Å². The molecule has 3 aromatic rings. The van der Waals surface area contributed by atoms with E-state index >= 15 is 0 Å². The van der Waals surface area contributed by atoms with Crippen molar-refractivity contribution in [1.29, 1.82) is 0 Å². The summed E-state index contributed by atoms with van der Waals surface area (Å²) >= 11 is 0. The second-order valence-electron chi connectivity index (χ2n) is 7.04. The van der Waals surface area contributed by atoms with E-state index in [4.69, 9.17) is 4.42 Å². The zero-order valence-corrected chi connectivity index (χ0v) is 16.8. The summed E-state index contributed by atoms with van der Waals surface area (Å²) in [5.74, 6) is -0.486. The summed E-state index contributed by atoms with van der Waals surface area (Å²) in [7, 11) is -3.74. The van der Waals surface area contributed by atoms with E-state index in [0.29, 0.717) is 16.5 Å². The van der Waals surface area contributed by atoms with Crippen molar-refractivity contribution in [3.63, 3.8) is 0 Å². The normalized spacial score (nSPS) is 15.4. The van der Waals surface area contributed by atoms with Crippen molar-refractivity contribution < 1.29 is 22.0 Å². The molecule has 1 saturated heterocycles. The molecule has 1 aliphatic heterocycles. The molecule has 0 saturated carbocycles. The fraction of sp³-hybridized carbons (Fsp3) is 0.238. The predicted molar refractivity (Wildman–Crippen MR) is 108 cm³/mol. The van der Waals surface area contributed by atoms with Gasteiger partial charge in [-0.2, -0.15) is 4.31 Å². The van der Waals surface area contributed by atoms with E-state index in [1.165, 1.54) is 46.8 Å². The summed E-state index contributed by atoms with van der Waals surface area (Å²) in [5, 5.41) is 0.517. The Morgan fingerprint density at radius 3 is 2.37 bits per heavy atom. The second kappa shape index (κ2) is 8.00. The lowest BCUT2D eigenvalue weighted by Crippen LogP contribution is -2.50. The molecule has 7 nitrogen and oxygen atoms in total. The van der Waals surface area contributed by atoms with E-state index in [0.717, 1.165) is 0 Å². The third kappa shape index (κ3) is 4.12. The molecule has 4 rings (SSSR count). The van der Waals surface area contributed by atoms with Crippen LogP contribution in [0.4, 0.5) is 4.39 Å². The Labute approximate surface area is 172 Å². The van der Waals surface area contributed by atoms with Crippen LogP contribution in [0.3, 0.4) is 0 Å².